The fraction of sp³-hybridized carbons (Fsp3) is 0.643. The largest absolute Gasteiger partial charge is 0.466 e. The first-order chi connectivity index (χ1) is 9.80. The standard InChI is InChI=1S/C14H23N3O3S/c1-5-20-12(19)7-6-10-9-21-13(16-10)15-8-11(18)17-14(2,3)4/h9H,5-8H2,1-4H3,(H,15,16)(H,17,18). The minimum Gasteiger partial charge on any atom is -0.466 e. The van der Waals surface area contributed by atoms with Crippen LogP contribution in [0.2, 0.25) is 0 Å². The molecule has 21 heavy (non-hydrogen) atoms. The van der Waals surface area contributed by atoms with Crippen LogP contribution in [0, 0.1) is 0 Å². The Labute approximate surface area is 129 Å². The van der Waals surface area contributed by atoms with Gasteiger partial charge in [0, 0.05) is 17.3 Å². The van der Waals surface area contributed by atoms with E-state index >= 15 is 0 Å². The predicted molar refractivity (Wildman–Crippen MR) is 83.5 cm³/mol. The summed E-state index contributed by atoms with van der Waals surface area (Å²) in [5.41, 5.74) is 0.582. The molecule has 1 heterocycles. The molecule has 0 bridgehead atoms. The van der Waals surface area contributed by atoms with Gasteiger partial charge in [-0.05, 0) is 27.7 Å². The summed E-state index contributed by atoms with van der Waals surface area (Å²) in [6, 6.07) is 0. The highest BCUT2D eigenvalue weighted by atomic mass is 32.1. The molecular formula is C14H23N3O3S. The van der Waals surface area contributed by atoms with Crippen molar-refractivity contribution in [2.24, 2.45) is 0 Å². The Morgan fingerprint density at radius 3 is 2.71 bits per heavy atom. The summed E-state index contributed by atoms with van der Waals surface area (Å²) in [6.07, 6.45) is 0.868. The molecule has 0 saturated carbocycles. The van der Waals surface area contributed by atoms with Crippen LogP contribution in [0.15, 0.2) is 5.38 Å². The topological polar surface area (TPSA) is 80.3 Å². The Bertz CT molecular complexity index is 480. The van der Waals surface area contributed by atoms with Crippen LogP contribution >= 0.6 is 11.3 Å². The smallest absolute Gasteiger partial charge is 0.306 e. The highest BCUT2D eigenvalue weighted by molar-refractivity contribution is 7.13. The summed E-state index contributed by atoms with van der Waals surface area (Å²) in [7, 11) is 0. The normalized spacial score (nSPS) is 11.0. The lowest BCUT2D eigenvalue weighted by Crippen LogP contribution is -2.43. The number of carbonyl (C=O) groups is 2. The van der Waals surface area contributed by atoms with Gasteiger partial charge in [-0.3, -0.25) is 9.59 Å². The Morgan fingerprint density at radius 1 is 1.38 bits per heavy atom. The number of hydrogen-bond donors (Lipinski definition) is 2. The van der Waals surface area contributed by atoms with Gasteiger partial charge in [0.25, 0.3) is 0 Å². The van der Waals surface area contributed by atoms with Gasteiger partial charge in [-0.15, -0.1) is 11.3 Å². The molecule has 0 radical (unpaired) electrons. The van der Waals surface area contributed by atoms with Gasteiger partial charge in [0.15, 0.2) is 5.13 Å². The number of rotatable bonds is 7. The van der Waals surface area contributed by atoms with E-state index < -0.39 is 0 Å². The minimum absolute atomic E-state index is 0.0780. The molecule has 6 nitrogen and oxygen atoms in total. The third-order valence-electron chi connectivity index (χ3n) is 2.36. The molecule has 1 rings (SSSR count). The SMILES string of the molecule is CCOC(=O)CCc1csc(NCC(=O)NC(C)(C)C)n1. The summed E-state index contributed by atoms with van der Waals surface area (Å²) >= 11 is 1.42. The molecule has 0 spiro atoms. The number of amides is 1. The molecule has 0 aliphatic heterocycles. The van der Waals surface area contributed by atoms with Crippen LogP contribution in [-0.2, 0) is 20.7 Å². The van der Waals surface area contributed by atoms with E-state index in [2.05, 4.69) is 15.6 Å². The Morgan fingerprint density at radius 2 is 2.10 bits per heavy atom. The molecule has 2 N–H and O–H groups in total. The van der Waals surface area contributed by atoms with Gasteiger partial charge < -0.3 is 15.4 Å². The predicted octanol–water partition coefficient (Wildman–Crippen LogP) is 1.97. The highest BCUT2D eigenvalue weighted by Crippen LogP contribution is 2.16. The van der Waals surface area contributed by atoms with E-state index in [1.54, 1.807) is 6.92 Å². The maximum absolute atomic E-state index is 11.7. The fourth-order valence-electron chi connectivity index (χ4n) is 1.58. The van der Waals surface area contributed by atoms with Crippen molar-refractivity contribution in [2.45, 2.75) is 46.1 Å². The van der Waals surface area contributed by atoms with Gasteiger partial charge in [-0.1, -0.05) is 0 Å². The summed E-state index contributed by atoms with van der Waals surface area (Å²) in [5, 5.41) is 8.40. The lowest BCUT2D eigenvalue weighted by atomic mass is 10.1. The van der Waals surface area contributed by atoms with E-state index in [0.717, 1.165) is 5.69 Å². The van der Waals surface area contributed by atoms with Crippen LogP contribution in [-0.4, -0.2) is 35.6 Å². The van der Waals surface area contributed by atoms with Gasteiger partial charge in [0.2, 0.25) is 5.91 Å². The van der Waals surface area contributed by atoms with E-state index in [9.17, 15) is 9.59 Å². The highest BCUT2D eigenvalue weighted by Gasteiger charge is 2.13. The van der Waals surface area contributed by atoms with Crippen molar-refractivity contribution in [3.05, 3.63) is 11.1 Å². The molecule has 1 aromatic heterocycles. The number of hydrogen-bond acceptors (Lipinski definition) is 6. The van der Waals surface area contributed by atoms with E-state index in [-0.39, 0.29) is 24.0 Å². The number of carbonyl (C=O) groups excluding carboxylic acids is 2. The van der Waals surface area contributed by atoms with Crippen LogP contribution in [0.3, 0.4) is 0 Å². The third-order valence-corrected chi connectivity index (χ3v) is 3.21. The number of aromatic nitrogens is 1. The molecule has 0 aliphatic rings. The van der Waals surface area contributed by atoms with Gasteiger partial charge >= 0.3 is 5.97 Å². The maximum atomic E-state index is 11.7. The van der Waals surface area contributed by atoms with Crippen LogP contribution in [0.4, 0.5) is 5.13 Å². The van der Waals surface area contributed by atoms with Crippen molar-refractivity contribution in [3.8, 4) is 0 Å². The second-order valence-electron chi connectivity index (χ2n) is 5.60. The Balaban J connectivity index is 2.35. The zero-order valence-corrected chi connectivity index (χ0v) is 13.8. The van der Waals surface area contributed by atoms with E-state index in [1.165, 1.54) is 11.3 Å². The van der Waals surface area contributed by atoms with Crippen molar-refractivity contribution in [3.63, 3.8) is 0 Å². The number of thiazole rings is 1. The second-order valence-corrected chi connectivity index (χ2v) is 6.46. The number of esters is 1. The van der Waals surface area contributed by atoms with Gasteiger partial charge in [-0.2, -0.15) is 0 Å². The van der Waals surface area contributed by atoms with Gasteiger partial charge in [0.05, 0.1) is 25.3 Å². The van der Waals surface area contributed by atoms with Crippen molar-refractivity contribution in [2.75, 3.05) is 18.5 Å². The van der Waals surface area contributed by atoms with E-state index in [4.69, 9.17) is 4.74 Å². The molecule has 0 unspecified atom stereocenters. The third kappa shape index (κ3) is 7.65. The van der Waals surface area contributed by atoms with Crippen molar-refractivity contribution in [1.29, 1.82) is 0 Å². The number of nitrogens with one attached hydrogen (secondary N) is 2. The summed E-state index contributed by atoms with van der Waals surface area (Å²) in [5.74, 6) is -0.296. The van der Waals surface area contributed by atoms with Crippen LogP contribution < -0.4 is 10.6 Å². The summed E-state index contributed by atoms with van der Waals surface area (Å²) in [4.78, 5) is 27.3. The van der Waals surface area contributed by atoms with Crippen LogP contribution in [0.1, 0.15) is 39.8 Å². The second kappa shape index (κ2) is 7.97. The molecule has 1 amide bonds. The average Bonchev–Trinajstić information content (AvgIpc) is 2.80. The molecular weight excluding hydrogens is 290 g/mol. The number of nitrogens with zero attached hydrogens (tertiary/aromatic N) is 1. The zero-order valence-electron chi connectivity index (χ0n) is 13.0. The van der Waals surface area contributed by atoms with Gasteiger partial charge in [0.1, 0.15) is 0 Å². The number of ether oxygens (including phenoxy) is 1. The molecule has 1 aromatic rings. The lowest BCUT2D eigenvalue weighted by molar-refractivity contribution is -0.143. The van der Waals surface area contributed by atoms with Gasteiger partial charge in [-0.25, -0.2) is 4.98 Å². The fourth-order valence-corrected chi connectivity index (χ4v) is 2.33. The van der Waals surface area contributed by atoms with Crippen LogP contribution in [0.25, 0.3) is 0 Å². The molecule has 0 aromatic carbocycles. The van der Waals surface area contributed by atoms with Crippen molar-refractivity contribution < 1.29 is 14.3 Å². The van der Waals surface area contributed by atoms with E-state index in [1.807, 2.05) is 26.2 Å². The maximum Gasteiger partial charge on any atom is 0.306 e. The Kier molecular flexibility index (Phi) is 6.61. The van der Waals surface area contributed by atoms with E-state index in [0.29, 0.717) is 24.6 Å². The zero-order chi connectivity index (χ0) is 15.9. The van der Waals surface area contributed by atoms with Crippen molar-refractivity contribution >= 4 is 28.3 Å². The first-order valence-electron chi connectivity index (χ1n) is 6.95. The monoisotopic (exact) mass is 313 g/mol. The number of aryl methyl sites for hydroxylation is 1. The molecule has 0 fully saturated rings. The lowest BCUT2D eigenvalue weighted by Gasteiger charge is -2.20. The minimum atomic E-state index is -0.244. The molecule has 0 aliphatic carbocycles. The number of anilines is 1. The molecule has 0 saturated heterocycles. The summed E-state index contributed by atoms with van der Waals surface area (Å²) in [6.45, 7) is 8.16. The average molecular weight is 313 g/mol. The first-order valence-corrected chi connectivity index (χ1v) is 7.83. The quantitative estimate of drug-likeness (QED) is 0.752. The summed E-state index contributed by atoms with van der Waals surface area (Å²) < 4.78 is 4.86. The molecule has 118 valence electrons. The van der Waals surface area contributed by atoms with Crippen LogP contribution in [0.5, 0.6) is 0 Å². The Hall–Kier alpha value is -1.63. The molecule has 7 heteroatoms. The first kappa shape index (κ1) is 17.4. The van der Waals surface area contributed by atoms with Crippen molar-refractivity contribution in [1.82, 2.24) is 10.3 Å². The molecule has 0 atom stereocenters.